The second kappa shape index (κ2) is 4.50. The van der Waals surface area contributed by atoms with Crippen molar-refractivity contribution in [2.24, 2.45) is 5.73 Å². The van der Waals surface area contributed by atoms with Gasteiger partial charge in [-0.2, -0.15) is 0 Å². The minimum absolute atomic E-state index is 0.0446. The van der Waals surface area contributed by atoms with Gasteiger partial charge in [-0.05, 0) is 0 Å². The molecular weight excluding hydrogens is 156 g/mol. The normalized spacial score (nSPS) is 9.75. The fourth-order valence-electron chi connectivity index (χ4n) is 0.830. The Labute approximate surface area is 70.4 Å². The van der Waals surface area contributed by atoms with Crippen molar-refractivity contribution in [3.05, 3.63) is 18.2 Å². The molecule has 5 nitrogen and oxygen atoms in total. The highest BCUT2D eigenvalue weighted by Crippen LogP contribution is 1.89. The monoisotopic (exact) mass is 168 g/mol. The van der Waals surface area contributed by atoms with Crippen molar-refractivity contribution in [3.63, 3.8) is 0 Å². The van der Waals surface area contributed by atoms with Crippen molar-refractivity contribution in [1.82, 2.24) is 15.3 Å². The number of hydrogen-bond donors (Lipinski definition) is 3. The van der Waals surface area contributed by atoms with Gasteiger partial charge < -0.3 is 16.0 Å². The largest absolute Gasteiger partial charge is 0.355 e. The first-order chi connectivity index (χ1) is 5.83. The molecule has 0 radical (unpaired) electrons. The maximum atomic E-state index is 10.7. The highest BCUT2D eigenvalue weighted by atomic mass is 16.1. The Bertz CT molecular complexity index is 232. The molecule has 1 aromatic rings. The number of amides is 1. The smallest absolute Gasteiger partial charge is 0.233 e. The van der Waals surface area contributed by atoms with Gasteiger partial charge in [0.25, 0.3) is 0 Å². The van der Waals surface area contributed by atoms with Gasteiger partial charge >= 0.3 is 0 Å². The zero-order valence-electron chi connectivity index (χ0n) is 6.71. The van der Waals surface area contributed by atoms with Crippen molar-refractivity contribution in [2.75, 3.05) is 13.1 Å². The van der Waals surface area contributed by atoms with Crippen molar-refractivity contribution >= 4 is 5.91 Å². The van der Waals surface area contributed by atoms with E-state index in [4.69, 9.17) is 5.73 Å². The standard InChI is InChI=1S/C7H12N4O/c8-3-7(12)10-2-1-6-4-9-5-11-6/h4-5H,1-3,8H2,(H,9,11)(H,10,12). The molecule has 0 fully saturated rings. The molecule has 1 heterocycles. The molecule has 0 unspecified atom stereocenters. The number of imidazole rings is 1. The summed E-state index contributed by atoms with van der Waals surface area (Å²) in [5.41, 5.74) is 6.11. The van der Waals surface area contributed by atoms with E-state index in [-0.39, 0.29) is 12.5 Å². The van der Waals surface area contributed by atoms with E-state index in [1.165, 1.54) is 0 Å². The van der Waals surface area contributed by atoms with Gasteiger partial charge in [-0.15, -0.1) is 0 Å². The lowest BCUT2D eigenvalue weighted by atomic mass is 10.3. The first-order valence-electron chi connectivity index (χ1n) is 3.77. The van der Waals surface area contributed by atoms with E-state index in [0.29, 0.717) is 6.54 Å². The third-order valence-corrected chi connectivity index (χ3v) is 1.46. The summed E-state index contributed by atoms with van der Waals surface area (Å²) in [6.07, 6.45) is 4.10. The van der Waals surface area contributed by atoms with E-state index in [1.54, 1.807) is 12.5 Å². The summed E-state index contributed by atoms with van der Waals surface area (Å²) in [6, 6.07) is 0. The number of nitrogens with zero attached hydrogens (tertiary/aromatic N) is 1. The molecule has 0 aliphatic rings. The van der Waals surface area contributed by atoms with Crippen LogP contribution in [0, 0.1) is 0 Å². The molecule has 0 aliphatic carbocycles. The lowest BCUT2D eigenvalue weighted by Gasteiger charge is -2.00. The molecule has 0 atom stereocenters. The second-order valence-electron chi connectivity index (χ2n) is 2.38. The van der Waals surface area contributed by atoms with Crippen LogP contribution in [0.25, 0.3) is 0 Å². The molecule has 0 saturated heterocycles. The van der Waals surface area contributed by atoms with Crippen LogP contribution in [-0.2, 0) is 11.2 Å². The quantitative estimate of drug-likeness (QED) is 0.540. The summed E-state index contributed by atoms with van der Waals surface area (Å²) >= 11 is 0. The lowest BCUT2D eigenvalue weighted by Crippen LogP contribution is -2.31. The number of carbonyl (C=O) groups is 1. The molecule has 0 spiro atoms. The number of nitrogens with two attached hydrogens (primary N) is 1. The van der Waals surface area contributed by atoms with Crippen LogP contribution in [0.1, 0.15) is 5.69 Å². The van der Waals surface area contributed by atoms with Crippen LogP contribution in [0.5, 0.6) is 0 Å². The average Bonchev–Trinajstić information content (AvgIpc) is 2.57. The first-order valence-corrected chi connectivity index (χ1v) is 3.77. The first kappa shape index (κ1) is 8.73. The van der Waals surface area contributed by atoms with Gasteiger partial charge in [-0.25, -0.2) is 4.98 Å². The molecule has 0 bridgehead atoms. The van der Waals surface area contributed by atoms with Crippen molar-refractivity contribution in [2.45, 2.75) is 6.42 Å². The number of aromatic amines is 1. The van der Waals surface area contributed by atoms with Crippen LogP contribution in [0.15, 0.2) is 12.5 Å². The van der Waals surface area contributed by atoms with Gasteiger partial charge in [0.1, 0.15) is 0 Å². The van der Waals surface area contributed by atoms with Crippen LogP contribution in [0.2, 0.25) is 0 Å². The maximum absolute atomic E-state index is 10.7. The third-order valence-electron chi connectivity index (χ3n) is 1.46. The number of nitrogens with one attached hydrogen (secondary N) is 2. The number of carbonyl (C=O) groups excluding carboxylic acids is 1. The summed E-state index contributed by atoms with van der Waals surface area (Å²) in [7, 11) is 0. The molecule has 1 rings (SSSR count). The Morgan fingerprint density at radius 1 is 1.75 bits per heavy atom. The fraction of sp³-hybridized carbons (Fsp3) is 0.429. The summed E-state index contributed by atoms with van der Waals surface area (Å²) in [5, 5.41) is 2.66. The van der Waals surface area contributed by atoms with Gasteiger partial charge in [0.05, 0.1) is 12.9 Å². The Balaban J connectivity index is 2.15. The zero-order valence-corrected chi connectivity index (χ0v) is 6.71. The SMILES string of the molecule is NCC(=O)NCCc1cnc[nH]1. The lowest BCUT2D eigenvalue weighted by molar-refractivity contribution is -0.119. The molecule has 0 saturated carbocycles. The predicted molar refractivity (Wildman–Crippen MR) is 44.4 cm³/mol. The Morgan fingerprint density at radius 2 is 2.58 bits per heavy atom. The van der Waals surface area contributed by atoms with Gasteiger partial charge in [-0.3, -0.25) is 4.79 Å². The van der Waals surface area contributed by atoms with E-state index >= 15 is 0 Å². The van der Waals surface area contributed by atoms with Crippen molar-refractivity contribution in [3.8, 4) is 0 Å². The number of aromatic nitrogens is 2. The number of hydrogen-bond acceptors (Lipinski definition) is 3. The molecule has 4 N–H and O–H groups in total. The molecule has 5 heteroatoms. The molecule has 12 heavy (non-hydrogen) atoms. The Kier molecular flexibility index (Phi) is 3.28. The zero-order chi connectivity index (χ0) is 8.81. The van der Waals surface area contributed by atoms with Gasteiger partial charge in [0.2, 0.25) is 5.91 Å². The van der Waals surface area contributed by atoms with Crippen LogP contribution in [0.3, 0.4) is 0 Å². The highest BCUT2D eigenvalue weighted by Gasteiger charge is 1.96. The van der Waals surface area contributed by atoms with Crippen LogP contribution in [0.4, 0.5) is 0 Å². The molecular formula is C7H12N4O. The van der Waals surface area contributed by atoms with E-state index in [0.717, 1.165) is 12.1 Å². The molecule has 66 valence electrons. The summed E-state index contributed by atoms with van der Waals surface area (Å²) in [5.74, 6) is -0.130. The molecule has 1 aromatic heterocycles. The van der Waals surface area contributed by atoms with Gasteiger partial charge in [0.15, 0.2) is 0 Å². The molecule has 1 amide bonds. The fourth-order valence-corrected chi connectivity index (χ4v) is 0.830. The average molecular weight is 168 g/mol. The van der Waals surface area contributed by atoms with Crippen molar-refractivity contribution in [1.29, 1.82) is 0 Å². The minimum atomic E-state index is -0.130. The van der Waals surface area contributed by atoms with Crippen LogP contribution in [-0.4, -0.2) is 29.0 Å². The summed E-state index contributed by atoms with van der Waals surface area (Å²) in [4.78, 5) is 17.5. The summed E-state index contributed by atoms with van der Waals surface area (Å²) < 4.78 is 0. The highest BCUT2D eigenvalue weighted by molar-refractivity contribution is 5.77. The van der Waals surface area contributed by atoms with E-state index in [9.17, 15) is 4.79 Å². The maximum Gasteiger partial charge on any atom is 0.233 e. The Hall–Kier alpha value is -1.36. The van der Waals surface area contributed by atoms with E-state index < -0.39 is 0 Å². The number of rotatable bonds is 4. The van der Waals surface area contributed by atoms with Gasteiger partial charge in [-0.1, -0.05) is 0 Å². The molecule has 0 aliphatic heterocycles. The second-order valence-corrected chi connectivity index (χ2v) is 2.38. The van der Waals surface area contributed by atoms with Crippen LogP contribution < -0.4 is 11.1 Å². The van der Waals surface area contributed by atoms with Gasteiger partial charge in [0, 0.05) is 24.9 Å². The third kappa shape index (κ3) is 2.71. The van der Waals surface area contributed by atoms with E-state index in [1.807, 2.05) is 0 Å². The summed E-state index contributed by atoms with van der Waals surface area (Å²) in [6.45, 7) is 0.640. The molecule has 0 aromatic carbocycles. The van der Waals surface area contributed by atoms with Crippen molar-refractivity contribution < 1.29 is 4.79 Å². The Morgan fingerprint density at radius 3 is 3.17 bits per heavy atom. The van der Waals surface area contributed by atoms with E-state index in [2.05, 4.69) is 15.3 Å². The predicted octanol–water partition coefficient (Wildman–Crippen LogP) is -0.973. The topological polar surface area (TPSA) is 83.8 Å². The number of H-pyrrole nitrogens is 1. The minimum Gasteiger partial charge on any atom is -0.355 e. The van der Waals surface area contributed by atoms with Crippen LogP contribution >= 0.6 is 0 Å².